The normalized spacial score (nSPS) is 10.6. The van der Waals surface area contributed by atoms with Crippen LogP contribution in [0.15, 0.2) is 36.7 Å². The van der Waals surface area contributed by atoms with Crippen LogP contribution < -0.4 is 0 Å². The summed E-state index contributed by atoms with van der Waals surface area (Å²) in [5, 5.41) is 9.17. The van der Waals surface area contributed by atoms with Gasteiger partial charge < -0.3 is 0 Å². The van der Waals surface area contributed by atoms with Gasteiger partial charge in [0.2, 0.25) is 0 Å². The van der Waals surface area contributed by atoms with Gasteiger partial charge in [-0.2, -0.15) is 0 Å². The predicted octanol–water partition coefficient (Wildman–Crippen LogP) is 3.00. The third-order valence-electron chi connectivity index (χ3n) is 2.71. The van der Waals surface area contributed by atoms with Crippen LogP contribution in [0.4, 0.5) is 4.39 Å². The topological polar surface area (TPSA) is 68.6 Å². The number of carbonyl (C=O) groups is 1. The van der Waals surface area contributed by atoms with Crippen molar-refractivity contribution in [3.63, 3.8) is 0 Å². The molecule has 0 aliphatic rings. The van der Waals surface area contributed by atoms with Crippen LogP contribution in [0.25, 0.3) is 21.3 Å². The number of ketones is 1. The lowest BCUT2D eigenvalue weighted by molar-refractivity contribution is 0.101. The Balaban J connectivity index is 1.98. The van der Waals surface area contributed by atoms with Gasteiger partial charge in [-0.25, -0.2) is 9.37 Å². The lowest BCUT2D eigenvalue weighted by atomic mass is 10.2. The highest BCUT2D eigenvalue weighted by molar-refractivity contribution is 7.17. The van der Waals surface area contributed by atoms with E-state index in [1.165, 1.54) is 30.5 Å². The molecule has 0 bridgehead atoms. The van der Waals surface area contributed by atoms with Gasteiger partial charge in [0.15, 0.2) is 10.8 Å². The van der Waals surface area contributed by atoms with E-state index >= 15 is 0 Å². The molecule has 21 heavy (non-hydrogen) atoms. The zero-order chi connectivity index (χ0) is 14.8. The van der Waals surface area contributed by atoms with E-state index in [9.17, 15) is 9.18 Å². The molecule has 3 rings (SSSR count). The molecule has 3 aromatic heterocycles. The summed E-state index contributed by atoms with van der Waals surface area (Å²) in [6, 6.07) is 6.48. The molecule has 0 spiro atoms. The van der Waals surface area contributed by atoms with Crippen molar-refractivity contribution in [2.75, 3.05) is 0 Å². The SMILES string of the molecule is CC(=O)c1cccc(-c2nnc(-c3cncc(F)c3)s2)n1. The van der Waals surface area contributed by atoms with Crippen molar-refractivity contribution in [3.05, 3.63) is 48.2 Å². The molecular weight excluding hydrogens is 291 g/mol. The van der Waals surface area contributed by atoms with E-state index in [1.54, 1.807) is 18.2 Å². The Morgan fingerprint density at radius 2 is 2.00 bits per heavy atom. The van der Waals surface area contributed by atoms with Gasteiger partial charge >= 0.3 is 0 Å². The number of pyridine rings is 2. The Labute approximate surface area is 123 Å². The largest absolute Gasteiger partial charge is 0.293 e. The van der Waals surface area contributed by atoms with E-state index < -0.39 is 5.82 Å². The molecule has 0 fully saturated rings. The fourth-order valence-corrected chi connectivity index (χ4v) is 2.52. The standard InChI is InChI=1S/C14H9FN4OS/c1-8(20)11-3-2-4-12(17-11)14-19-18-13(21-14)9-5-10(15)7-16-6-9/h2-7H,1H3. The molecule has 104 valence electrons. The van der Waals surface area contributed by atoms with E-state index in [2.05, 4.69) is 20.2 Å². The fourth-order valence-electron chi connectivity index (χ4n) is 1.72. The molecule has 0 radical (unpaired) electrons. The smallest absolute Gasteiger partial charge is 0.178 e. The first-order valence-electron chi connectivity index (χ1n) is 6.06. The van der Waals surface area contributed by atoms with Crippen molar-refractivity contribution in [3.8, 4) is 21.3 Å². The van der Waals surface area contributed by atoms with Crippen molar-refractivity contribution in [2.45, 2.75) is 6.92 Å². The Morgan fingerprint density at radius 3 is 2.76 bits per heavy atom. The zero-order valence-corrected chi connectivity index (χ0v) is 11.8. The number of Topliss-reactive ketones (excluding diaryl/α,β-unsaturated/α-hetero) is 1. The molecule has 0 aromatic carbocycles. The summed E-state index contributed by atoms with van der Waals surface area (Å²) in [6.07, 6.45) is 2.65. The fraction of sp³-hybridized carbons (Fsp3) is 0.0714. The molecule has 7 heteroatoms. The number of carbonyl (C=O) groups excluding carboxylic acids is 1. The van der Waals surface area contributed by atoms with Gasteiger partial charge in [0, 0.05) is 18.7 Å². The average molecular weight is 300 g/mol. The molecule has 0 saturated carbocycles. The van der Waals surface area contributed by atoms with Gasteiger partial charge in [0.25, 0.3) is 0 Å². The third-order valence-corrected chi connectivity index (χ3v) is 3.70. The summed E-state index contributed by atoms with van der Waals surface area (Å²) in [7, 11) is 0. The minimum Gasteiger partial charge on any atom is -0.293 e. The highest BCUT2D eigenvalue weighted by atomic mass is 32.1. The monoisotopic (exact) mass is 300 g/mol. The highest BCUT2D eigenvalue weighted by Crippen LogP contribution is 2.28. The van der Waals surface area contributed by atoms with E-state index in [0.717, 1.165) is 6.20 Å². The number of nitrogens with zero attached hydrogens (tertiary/aromatic N) is 4. The first-order chi connectivity index (χ1) is 10.1. The first kappa shape index (κ1) is 13.4. The summed E-state index contributed by atoms with van der Waals surface area (Å²) in [6.45, 7) is 1.45. The maximum absolute atomic E-state index is 13.2. The maximum Gasteiger partial charge on any atom is 0.178 e. The third kappa shape index (κ3) is 2.82. The van der Waals surface area contributed by atoms with Crippen LogP contribution >= 0.6 is 11.3 Å². The molecule has 0 N–H and O–H groups in total. The van der Waals surface area contributed by atoms with E-state index in [-0.39, 0.29) is 5.78 Å². The predicted molar refractivity (Wildman–Crippen MR) is 76.3 cm³/mol. The van der Waals surface area contributed by atoms with Gasteiger partial charge in [-0.1, -0.05) is 17.4 Å². The first-order valence-corrected chi connectivity index (χ1v) is 6.88. The number of rotatable bonds is 3. The second kappa shape index (κ2) is 5.45. The minimum absolute atomic E-state index is 0.115. The maximum atomic E-state index is 13.2. The molecule has 0 unspecified atom stereocenters. The van der Waals surface area contributed by atoms with Gasteiger partial charge in [-0.3, -0.25) is 9.78 Å². The lowest BCUT2D eigenvalue weighted by Crippen LogP contribution is -1.97. The number of hydrogen-bond acceptors (Lipinski definition) is 6. The Bertz CT molecular complexity index is 818. The van der Waals surface area contributed by atoms with Crippen LogP contribution in [0.3, 0.4) is 0 Å². The van der Waals surface area contributed by atoms with Crippen LogP contribution in [-0.2, 0) is 0 Å². The Morgan fingerprint density at radius 1 is 1.19 bits per heavy atom. The molecule has 0 aliphatic heterocycles. The van der Waals surface area contributed by atoms with E-state index in [1.807, 2.05) is 0 Å². The Kier molecular flexibility index (Phi) is 3.49. The van der Waals surface area contributed by atoms with Crippen molar-refractivity contribution < 1.29 is 9.18 Å². The minimum atomic E-state index is -0.430. The molecule has 0 saturated heterocycles. The van der Waals surface area contributed by atoms with Crippen LogP contribution in [0.1, 0.15) is 17.4 Å². The van der Waals surface area contributed by atoms with Crippen molar-refractivity contribution in [1.82, 2.24) is 20.2 Å². The summed E-state index contributed by atoms with van der Waals surface area (Å²) >= 11 is 1.27. The summed E-state index contributed by atoms with van der Waals surface area (Å²) in [4.78, 5) is 19.4. The van der Waals surface area contributed by atoms with Crippen molar-refractivity contribution in [2.24, 2.45) is 0 Å². The van der Waals surface area contributed by atoms with E-state index in [4.69, 9.17) is 0 Å². The summed E-state index contributed by atoms with van der Waals surface area (Å²) in [5.41, 5.74) is 1.49. The van der Waals surface area contributed by atoms with Crippen LogP contribution in [-0.4, -0.2) is 25.9 Å². The van der Waals surface area contributed by atoms with Crippen molar-refractivity contribution in [1.29, 1.82) is 0 Å². The number of halogens is 1. The van der Waals surface area contributed by atoms with Gasteiger partial charge in [-0.15, -0.1) is 10.2 Å². The van der Waals surface area contributed by atoms with Crippen LogP contribution in [0.5, 0.6) is 0 Å². The summed E-state index contributed by atoms with van der Waals surface area (Å²) < 4.78 is 13.2. The van der Waals surface area contributed by atoms with Gasteiger partial charge in [0.1, 0.15) is 22.2 Å². The molecule has 0 amide bonds. The number of aromatic nitrogens is 4. The van der Waals surface area contributed by atoms with E-state index in [0.29, 0.717) is 27.0 Å². The molecule has 5 nitrogen and oxygen atoms in total. The second-order valence-electron chi connectivity index (χ2n) is 4.27. The quantitative estimate of drug-likeness (QED) is 0.695. The molecule has 0 atom stereocenters. The number of hydrogen-bond donors (Lipinski definition) is 0. The highest BCUT2D eigenvalue weighted by Gasteiger charge is 2.12. The molecular formula is C14H9FN4OS. The zero-order valence-electron chi connectivity index (χ0n) is 10.9. The average Bonchev–Trinajstić information content (AvgIpc) is 2.97. The molecule has 0 aliphatic carbocycles. The van der Waals surface area contributed by atoms with Crippen molar-refractivity contribution >= 4 is 17.1 Å². The van der Waals surface area contributed by atoms with Gasteiger partial charge in [-0.05, 0) is 18.2 Å². The van der Waals surface area contributed by atoms with Gasteiger partial charge in [0.05, 0.1) is 6.20 Å². The molecule has 3 heterocycles. The Hall–Kier alpha value is -2.54. The lowest BCUT2D eigenvalue weighted by Gasteiger charge is -1.97. The second-order valence-corrected chi connectivity index (χ2v) is 5.25. The van der Waals surface area contributed by atoms with Crippen LogP contribution in [0.2, 0.25) is 0 Å². The summed E-state index contributed by atoms with van der Waals surface area (Å²) in [5.74, 6) is -0.545. The molecule has 3 aromatic rings. The van der Waals surface area contributed by atoms with Crippen LogP contribution in [0, 0.1) is 5.82 Å².